The van der Waals surface area contributed by atoms with E-state index in [1.54, 1.807) is 17.8 Å². The molecule has 0 aliphatic carbocycles. The Hall–Kier alpha value is -0.140. The maximum atomic E-state index is 5.68. The minimum Gasteiger partial charge on any atom is -0.161 e. The molecule has 0 aliphatic rings. The molecule has 0 saturated heterocycles. The highest BCUT2D eigenvalue weighted by atomic mass is 35.5. The van der Waals surface area contributed by atoms with Crippen molar-refractivity contribution in [3.05, 3.63) is 35.9 Å². The molecule has 0 N–H and O–H groups in total. The smallest absolute Gasteiger partial charge is 0.0374 e. The molecule has 10 heavy (non-hydrogen) atoms. The van der Waals surface area contributed by atoms with Crippen molar-refractivity contribution in [1.29, 1.82) is 0 Å². The third-order valence-corrected chi connectivity index (χ3v) is 1.81. The number of rotatable bonds is 4. The maximum absolute atomic E-state index is 5.68. The molecule has 0 rings (SSSR count). The second-order valence-electron chi connectivity index (χ2n) is 1.77. The first-order valence-electron chi connectivity index (χ1n) is 2.87. The predicted molar refractivity (Wildman–Crippen MR) is 51.7 cm³/mol. The molecule has 0 radical (unpaired) electrons. The summed E-state index contributed by atoms with van der Waals surface area (Å²) < 4.78 is 0. The van der Waals surface area contributed by atoms with Gasteiger partial charge in [-0.3, -0.25) is 0 Å². The van der Waals surface area contributed by atoms with E-state index in [-0.39, 0.29) is 0 Å². The summed E-state index contributed by atoms with van der Waals surface area (Å²) in [7, 11) is 0. The minimum atomic E-state index is 0.606. The van der Waals surface area contributed by atoms with Crippen LogP contribution in [0.25, 0.3) is 0 Å². The average Bonchev–Trinajstić information content (AvgIpc) is 1.87. The summed E-state index contributed by atoms with van der Waals surface area (Å²) in [6, 6.07) is 0. The van der Waals surface area contributed by atoms with Crippen molar-refractivity contribution in [1.82, 2.24) is 0 Å². The predicted octanol–water partition coefficient (Wildman–Crippen LogP) is 3.21. The molecule has 0 fully saturated rings. The highest BCUT2D eigenvalue weighted by Crippen LogP contribution is 2.16. The van der Waals surface area contributed by atoms with Crippen LogP contribution >= 0.6 is 23.4 Å². The molecule has 56 valence electrons. The van der Waals surface area contributed by atoms with Crippen LogP contribution in [0.15, 0.2) is 35.9 Å². The van der Waals surface area contributed by atoms with E-state index in [4.69, 9.17) is 11.6 Å². The first-order chi connectivity index (χ1) is 4.72. The van der Waals surface area contributed by atoms with E-state index in [0.29, 0.717) is 5.03 Å². The highest BCUT2D eigenvalue weighted by molar-refractivity contribution is 7.98. The van der Waals surface area contributed by atoms with Crippen molar-refractivity contribution in [2.45, 2.75) is 0 Å². The lowest BCUT2D eigenvalue weighted by Crippen LogP contribution is -1.84. The van der Waals surface area contributed by atoms with Gasteiger partial charge in [0, 0.05) is 10.8 Å². The fourth-order valence-corrected chi connectivity index (χ4v) is 1.31. The van der Waals surface area contributed by atoms with Gasteiger partial charge in [-0.25, -0.2) is 0 Å². The second kappa shape index (κ2) is 5.63. The Morgan fingerprint density at radius 2 is 2.30 bits per heavy atom. The van der Waals surface area contributed by atoms with Crippen LogP contribution in [0.5, 0.6) is 0 Å². The van der Waals surface area contributed by atoms with Crippen molar-refractivity contribution in [2.24, 2.45) is 0 Å². The third kappa shape index (κ3) is 3.80. The Balaban J connectivity index is 4.11. The largest absolute Gasteiger partial charge is 0.161 e. The Morgan fingerprint density at radius 1 is 1.70 bits per heavy atom. The van der Waals surface area contributed by atoms with Gasteiger partial charge in [-0.2, -0.15) is 11.8 Å². The monoisotopic (exact) mass is 174 g/mol. The van der Waals surface area contributed by atoms with Gasteiger partial charge in [0.1, 0.15) is 0 Å². The Labute approximate surface area is 71.7 Å². The van der Waals surface area contributed by atoms with Crippen molar-refractivity contribution in [2.75, 3.05) is 12.0 Å². The summed E-state index contributed by atoms with van der Waals surface area (Å²) >= 11 is 7.39. The summed E-state index contributed by atoms with van der Waals surface area (Å²) in [6.07, 6.45) is 5.63. The van der Waals surface area contributed by atoms with Crippen LogP contribution in [0.3, 0.4) is 0 Å². The highest BCUT2D eigenvalue weighted by Gasteiger charge is 1.95. The lowest BCUT2D eigenvalue weighted by atomic mass is 10.3. The van der Waals surface area contributed by atoms with Crippen LogP contribution in [-0.2, 0) is 0 Å². The van der Waals surface area contributed by atoms with Crippen LogP contribution in [0, 0.1) is 0 Å². The van der Waals surface area contributed by atoms with Crippen LogP contribution < -0.4 is 0 Å². The van der Waals surface area contributed by atoms with Crippen LogP contribution in [0.4, 0.5) is 0 Å². The lowest BCUT2D eigenvalue weighted by molar-refractivity contribution is 1.53. The van der Waals surface area contributed by atoms with Crippen molar-refractivity contribution in [3.8, 4) is 0 Å². The van der Waals surface area contributed by atoms with Gasteiger partial charge in [0.15, 0.2) is 0 Å². The molecular weight excluding hydrogens is 164 g/mol. The van der Waals surface area contributed by atoms with E-state index in [1.165, 1.54) is 0 Å². The van der Waals surface area contributed by atoms with E-state index < -0.39 is 0 Å². The first kappa shape index (κ1) is 9.86. The van der Waals surface area contributed by atoms with E-state index in [1.807, 2.05) is 12.3 Å². The summed E-state index contributed by atoms with van der Waals surface area (Å²) in [5.74, 6) is 0.897. The average molecular weight is 175 g/mol. The number of halogens is 1. The molecule has 0 aromatic rings. The van der Waals surface area contributed by atoms with E-state index in [9.17, 15) is 0 Å². The van der Waals surface area contributed by atoms with Crippen LogP contribution in [0.2, 0.25) is 0 Å². The van der Waals surface area contributed by atoms with Gasteiger partial charge in [-0.1, -0.05) is 36.9 Å². The van der Waals surface area contributed by atoms with Gasteiger partial charge in [-0.15, -0.1) is 0 Å². The van der Waals surface area contributed by atoms with Gasteiger partial charge < -0.3 is 0 Å². The standard InChI is InChI=1S/C8H11ClS/c1-4-5-8(6-10-3)7(2)9/h4-5H,1-2,6H2,3H3/b8-5-. The van der Waals surface area contributed by atoms with E-state index >= 15 is 0 Å². The molecule has 0 heterocycles. The molecule has 0 spiro atoms. The van der Waals surface area contributed by atoms with Gasteiger partial charge in [0.2, 0.25) is 0 Å². The number of thioether (sulfide) groups is 1. The molecule has 0 atom stereocenters. The third-order valence-electron chi connectivity index (χ3n) is 0.967. The molecule has 0 aromatic carbocycles. The second-order valence-corrected chi connectivity index (χ2v) is 3.09. The zero-order valence-electron chi connectivity index (χ0n) is 6.06. The van der Waals surface area contributed by atoms with Crippen LogP contribution in [-0.4, -0.2) is 12.0 Å². The van der Waals surface area contributed by atoms with Gasteiger partial charge in [-0.05, 0) is 11.8 Å². The summed E-state index contributed by atoms with van der Waals surface area (Å²) in [4.78, 5) is 0. The minimum absolute atomic E-state index is 0.606. The van der Waals surface area contributed by atoms with E-state index in [0.717, 1.165) is 11.3 Å². The van der Waals surface area contributed by atoms with Gasteiger partial charge in [0.25, 0.3) is 0 Å². The number of allylic oxidation sites excluding steroid dienone is 3. The molecule has 0 saturated carbocycles. The Bertz CT molecular complexity index is 159. The Kier molecular flexibility index (Phi) is 5.55. The quantitative estimate of drug-likeness (QED) is 0.590. The number of hydrogen-bond donors (Lipinski definition) is 0. The summed E-state index contributed by atoms with van der Waals surface area (Å²) in [6.45, 7) is 7.21. The fraction of sp³-hybridized carbons (Fsp3) is 0.250. The zero-order valence-corrected chi connectivity index (χ0v) is 7.63. The summed E-state index contributed by atoms with van der Waals surface area (Å²) in [5.41, 5.74) is 1.05. The molecule has 2 heteroatoms. The Morgan fingerprint density at radius 3 is 2.60 bits per heavy atom. The molecule has 0 nitrogen and oxygen atoms in total. The van der Waals surface area contributed by atoms with Gasteiger partial charge >= 0.3 is 0 Å². The van der Waals surface area contributed by atoms with Crippen molar-refractivity contribution >= 4 is 23.4 Å². The van der Waals surface area contributed by atoms with Crippen LogP contribution in [0.1, 0.15) is 0 Å². The topological polar surface area (TPSA) is 0 Å². The zero-order chi connectivity index (χ0) is 7.98. The molecule has 0 aliphatic heterocycles. The summed E-state index contributed by atoms with van der Waals surface area (Å²) in [5, 5.41) is 0.606. The van der Waals surface area contributed by atoms with Gasteiger partial charge in [0.05, 0.1) is 0 Å². The SMILES string of the molecule is C=C/C=C(/CSC)C(=C)Cl. The molecule has 0 aromatic heterocycles. The van der Waals surface area contributed by atoms with E-state index in [2.05, 4.69) is 13.2 Å². The fourth-order valence-electron chi connectivity index (χ4n) is 0.515. The van der Waals surface area contributed by atoms with Crippen molar-refractivity contribution < 1.29 is 0 Å². The first-order valence-corrected chi connectivity index (χ1v) is 4.65. The lowest BCUT2D eigenvalue weighted by Gasteiger charge is -1.99. The molecule has 0 unspecified atom stereocenters. The molecular formula is C8H11ClS. The molecule has 0 bridgehead atoms. The normalized spacial score (nSPS) is 11.2. The number of hydrogen-bond acceptors (Lipinski definition) is 1. The molecule has 0 amide bonds. The maximum Gasteiger partial charge on any atom is 0.0374 e. The van der Waals surface area contributed by atoms with Crippen molar-refractivity contribution in [3.63, 3.8) is 0 Å².